The minimum absolute atomic E-state index is 0.0769. The van der Waals surface area contributed by atoms with E-state index in [1.165, 1.54) is 0 Å². The van der Waals surface area contributed by atoms with Crippen molar-refractivity contribution in [2.24, 2.45) is 0 Å². The van der Waals surface area contributed by atoms with Crippen LogP contribution in [-0.4, -0.2) is 39.1 Å². The zero-order valence-corrected chi connectivity index (χ0v) is 16.3. The van der Waals surface area contributed by atoms with Gasteiger partial charge < -0.3 is 19.7 Å². The van der Waals surface area contributed by atoms with Gasteiger partial charge in [0, 0.05) is 25.7 Å². The van der Waals surface area contributed by atoms with Gasteiger partial charge >= 0.3 is 0 Å². The van der Waals surface area contributed by atoms with E-state index < -0.39 is 0 Å². The van der Waals surface area contributed by atoms with Crippen LogP contribution in [0, 0.1) is 0 Å². The van der Waals surface area contributed by atoms with Crippen molar-refractivity contribution in [2.75, 3.05) is 32.2 Å². The minimum Gasteiger partial charge on any atom is -0.493 e. The van der Waals surface area contributed by atoms with E-state index >= 15 is 0 Å². The molecule has 0 fully saturated rings. The summed E-state index contributed by atoms with van der Waals surface area (Å²) < 4.78 is 10.8. The van der Waals surface area contributed by atoms with Crippen molar-refractivity contribution in [2.45, 2.75) is 12.8 Å². The Morgan fingerprint density at radius 2 is 1.89 bits per heavy atom. The fourth-order valence-electron chi connectivity index (χ4n) is 2.59. The van der Waals surface area contributed by atoms with Gasteiger partial charge in [-0.1, -0.05) is 30.3 Å². The molecule has 0 atom stereocenters. The molecule has 0 aromatic heterocycles. The maximum absolute atomic E-state index is 12.2. The smallest absolute Gasteiger partial charge is 0.257 e. The Bertz CT molecular complexity index is 805. The number of rotatable bonds is 10. The number of allylic oxidation sites excluding steroid dienone is 1. The Balaban J connectivity index is 1.77. The number of benzene rings is 2. The third-order valence-electron chi connectivity index (χ3n) is 4.15. The Hall–Kier alpha value is -3.28. The zero-order valence-electron chi connectivity index (χ0n) is 16.3. The zero-order chi connectivity index (χ0) is 20.4. The summed E-state index contributed by atoms with van der Waals surface area (Å²) >= 11 is 0. The van der Waals surface area contributed by atoms with Gasteiger partial charge in [-0.3, -0.25) is 9.59 Å². The van der Waals surface area contributed by atoms with E-state index in [0.717, 1.165) is 17.7 Å². The number of hydrogen-bond donors (Lipinski definition) is 1. The molecule has 148 valence electrons. The molecule has 0 aliphatic heterocycles. The van der Waals surface area contributed by atoms with Crippen molar-refractivity contribution in [1.82, 2.24) is 5.32 Å². The number of nitrogens with one attached hydrogen (secondary N) is 1. The Kier molecular flexibility index (Phi) is 8.09. The second kappa shape index (κ2) is 10.8. The SMILES string of the molecule is C=CCc1ccc(OCC(=O)NCCC(=O)N(C)c2ccccc2)c(OC)c1. The molecule has 6 nitrogen and oxygen atoms in total. The van der Waals surface area contributed by atoms with Gasteiger partial charge in [0.05, 0.1) is 7.11 Å². The van der Waals surface area contributed by atoms with E-state index in [9.17, 15) is 9.59 Å². The van der Waals surface area contributed by atoms with E-state index in [1.807, 2.05) is 42.5 Å². The number of amides is 2. The van der Waals surface area contributed by atoms with Gasteiger partial charge in [-0.2, -0.15) is 0 Å². The van der Waals surface area contributed by atoms with Crippen LogP contribution in [0.25, 0.3) is 0 Å². The third-order valence-corrected chi connectivity index (χ3v) is 4.15. The molecule has 0 bridgehead atoms. The molecule has 0 spiro atoms. The Morgan fingerprint density at radius 1 is 1.14 bits per heavy atom. The standard InChI is InChI=1S/C22H26N2O4/c1-4-8-17-11-12-19(20(15-17)27-3)28-16-21(25)23-14-13-22(26)24(2)18-9-6-5-7-10-18/h4-7,9-12,15H,1,8,13-14,16H2,2-3H3,(H,23,25). The van der Waals surface area contributed by atoms with Crippen molar-refractivity contribution >= 4 is 17.5 Å². The number of ether oxygens (including phenoxy) is 2. The average Bonchev–Trinajstić information content (AvgIpc) is 2.72. The molecule has 0 saturated carbocycles. The summed E-state index contributed by atoms with van der Waals surface area (Å²) in [6.07, 6.45) is 2.73. The third kappa shape index (κ3) is 6.16. The van der Waals surface area contributed by atoms with E-state index in [4.69, 9.17) is 9.47 Å². The van der Waals surface area contributed by atoms with E-state index in [-0.39, 0.29) is 31.4 Å². The molecule has 2 aromatic rings. The molecule has 0 saturated heterocycles. The van der Waals surface area contributed by atoms with E-state index in [0.29, 0.717) is 11.5 Å². The minimum atomic E-state index is -0.299. The second-order valence-corrected chi connectivity index (χ2v) is 6.15. The Labute approximate surface area is 165 Å². The molecular formula is C22H26N2O4. The first kappa shape index (κ1) is 21.0. The van der Waals surface area contributed by atoms with Crippen LogP contribution in [0.15, 0.2) is 61.2 Å². The molecule has 2 rings (SSSR count). The van der Waals surface area contributed by atoms with Crippen LogP contribution in [0.5, 0.6) is 11.5 Å². The second-order valence-electron chi connectivity index (χ2n) is 6.15. The molecule has 6 heteroatoms. The first-order chi connectivity index (χ1) is 13.5. The maximum Gasteiger partial charge on any atom is 0.257 e. The largest absolute Gasteiger partial charge is 0.493 e. The highest BCUT2D eigenvalue weighted by Crippen LogP contribution is 2.28. The van der Waals surface area contributed by atoms with Crippen LogP contribution in [-0.2, 0) is 16.0 Å². The summed E-state index contributed by atoms with van der Waals surface area (Å²) in [6, 6.07) is 14.9. The van der Waals surface area contributed by atoms with Gasteiger partial charge in [-0.25, -0.2) is 0 Å². The van der Waals surface area contributed by atoms with Gasteiger partial charge in [-0.15, -0.1) is 6.58 Å². The predicted octanol–water partition coefficient (Wildman–Crippen LogP) is 2.97. The highest BCUT2D eigenvalue weighted by Gasteiger charge is 2.12. The van der Waals surface area contributed by atoms with Crippen molar-refractivity contribution in [1.29, 1.82) is 0 Å². The summed E-state index contributed by atoms with van der Waals surface area (Å²) in [5, 5.41) is 2.69. The molecule has 0 aliphatic carbocycles. The quantitative estimate of drug-likeness (QED) is 0.642. The number of hydrogen-bond acceptors (Lipinski definition) is 4. The molecule has 0 heterocycles. The number of para-hydroxylation sites is 1. The molecule has 2 amide bonds. The topological polar surface area (TPSA) is 67.9 Å². The van der Waals surface area contributed by atoms with Gasteiger partial charge in [0.15, 0.2) is 18.1 Å². The van der Waals surface area contributed by atoms with Gasteiger partial charge in [0.25, 0.3) is 5.91 Å². The number of nitrogens with zero attached hydrogens (tertiary/aromatic N) is 1. The van der Waals surface area contributed by atoms with E-state index in [2.05, 4.69) is 11.9 Å². The highest BCUT2D eigenvalue weighted by atomic mass is 16.5. The monoisotopic (exact) mass is 382 g/mol. The van der Waals surface area contributed by atoms with Crippen molar-refractivity contribution in [3.8, 4) is 11.5 Å². The summed E-state index contributed by atoms with van der Waals surface area (Å²) in [7, 11) is 3.26. The lowest BCUT2D eigenvalue weighted by atomic mass is 10.1. The van der Waals surface area contributed by atoms with Gasteiger partial charge in [-0.05, 0) is 36.2 Å². The lowest BCUT2D eigenvalue weighted by Crippen LogP contribution is -2.34. The summed E-state index contributed by atoms with van der Waals surface area (Å²) in [6.45, 7) is 3.80. The van der Waals surface area contributed by atoms with Crippen LogP contribution in [0.1, 0.15) is 12.0 Å². The van der Waals surface area contributed by atoms with Crippen molar-refractivity contribution < 1.29 is 19.1 Å². The summed E-state index contributed by atoms with van der Waals surface area (Å²) in [5.74, 6) is 0.677. The fourth-order valence-corrected chi connectivity index (χ4v) is 2.59. The number of carbonyl (C=O) groups excluding carboxylic acids is 2. The first-order valence-corrected chi connectivity index (χ1v) is 9.04. The normalized spacial score (nSPS) is 10.1. The van der Waals surface area contributed by atoms with E-state index in [1.54, 1.807) is 31.2 Å². The highest BCUT2D eigenvalue weighted by molar-refractivity contribution is 5.93. The van der Waals surface area contributed by atoms with Crippen LogP contribution >= 0.6 is 0 Å². The van der Waals surface area contributed by atoms with Crippen LogP contribution < -0.4 is 19.7 Å². The molecule has 2 aromatic carbocycles. The average molecular weight is 382 g/mol. The molecule has 0 unspecified atom stereocenters. The molecular weight excluding hydrogens is 356 g/mol. The molecule has 0 radical (unpaired) electrons. The maximum atomic E-state index is 12.2. The molecule has 1 N–H and O–H groups in total. The lowest BCUT2D eigenvalue weighted by molar-refractivity contribution is -0.123. The van der Waals surface area contributed by atoms with Crippen LogP contribution in [0.3, 0.4) is 0 Å². The van der Waals surface area contributed by atoms with Crippen LogP contribution in [0.4, 0.5) is 5.69 Å². The first-order valence-electron chi connectivity index (χ1n) is 9.04. The molecule has 0 aliphatic rings. The van der Waals surface area contributed by atoms with Crippen LogP contribution in [0.2, 0.25) is 0 Å². The van der Waals surface area contributed by atoms with Crippen molar-refractivity contribution in [3.63, 3.8) is 0 Å². The lowest BCUT2D eigenvalue weighted by Gasteiger charge is -2.17. The van der Waals surface area contributed by atoms with Gasteiger partial charge in [0.2, 0.25) is 5.91 Å². The summed E-state index contributed by atoms with van der Waals surface area (Å²) in [4.78, 5) is 25.8. The summed E-state index contributed by atoms with van der Waals surface area (Å²) in [5.41, 5.74) is 1.86. The number of anilines is 1. The number of carbonyl (C=O) groups is 2. The molecule has 28 heavy (non-hydrogen) atoms. The number of methoxy groups -OCH3 is 1. The fraction of sp³-hybridized carbons (Fsp3) is 0.273. The van der Waals surface area contributed by atoms with Gasteiger partial charge in [0.1, 0.15) is 0 Å². The van der Waals surface area contributed by atoms with Crippen molar-refractivity contribution in [3.05, 3.63) is 66.7 Å². The predicted molar refractivity (Wildman–Crippen MR) is 110 cm³/mol. The Morgan fingerprint density at radius 3 is 2.57 bits per heavy atom.